The average molecular weight is 224 g/mol. The van der Waals surface area contributed by atoms with Crippen LogP contribution in [0.25, 0.3) is 0 Å². The first-order valence-electron chi connectivity index (χ1n) is 2.98. The third-order valence-corrected chi connectivity index (χ3v) is 1.85. The molecule has 1 aromatic rings. The Hall–Kier alpha value is -1.20. The van der Waals surface area contributed by atoms with Crippen molar-refractivity contribution in [2.75, 3.05) is 0 Å². The molecule has 0 aliphatic carbocycles. The first-order valence-corrected chi connectivity index (χ1v) is 3.74. The molecule has 3 N–H and O–H groups in total. The summed E-state index contributed by atoms with van der Waals surface area (Å²) in [7, 11) is 0. The number of carbonyl (C=O) groups excluding carboxylic acids is 1. The van der Waals surface area contributed by atoms with Crippen LogP contribution < -0.4 is 5.56 Å². The number of pyridine rings is 1. The molecule has 0 bridgehead atoms. The molecule has 0 spiro atoms. The van der Waals surface area contributed by atoms with Gasteiger partial charge >= 0.3 is 0 Å². The molecule has 0 fully saturated rings. The minimum absolute atomic E-state index is 0.547. The second-order valence-corrected chi connectivity index (χ2v) is 2.84. The third kappa shape index (κ3) is 1.61. The van der Waals surface area contributed by atoms with Gasteiger partial charge in [-0.3, -0.25) is 9.59 Å². The van der Waals surface area contributed by atoms with Crippen LogP contribution in [0.5, 0.6) is 11.5 Å². The van der Waals surface area contributed by atoms with Crippen molar-refractivity contribution in [1.29, 1.82) is 0 Å². The summed E-state index contributed by atoms with van der Waals surface area (Å²) in [5, 5.41) is 16.3. The molecule has 0 unspecified atom stereocenters. The van der Waals surface area contributed by atoms with E-state index in [0.29, 0.717) is 0 Å². The minimum Gasteiger partial charge on any atom is -0.504 e. The molecular weight excluding hydrogens is 221 g/mol. The SMILES string of the molecule is O=C(Cl)c1[nH]c(=O)c(O)c(Cl)c1O. The number of hydrogen-bond donors (Lipinski definition) is 3. The lowest BCUT2D eigenvalue weighted by Crippen LogP contribution is -2.10. The minimum atomic E-state index is -1.07. The Balaban J connectivity index is 3.60. The van der Waals surface area contributed by atoms with E-state index in [0.717, 1.165) is 0 Å². The van der Waals surface area contributed by atoms with Gasteiger partial charge in [0.1, 0.15) is 10.7 Å². The van der Waals surface area contributed by atoms with Crippen LogP contribution in [0.4, 0.5) is 0 Å². The van der Waals surface area contributed by atoms with Gasteiger partial charge in [0.15, 0.2) is 5.75 Å². The molecule has 0 aromatic carbocycles. The number of hydrogen-bond acceptors (Lipinski definition) is 4. The maximum Gasteiger partial charge on any atom is 0.292 e. The van der Waals surface area contributed by atoms with Gasteiger partial charge in [-0.1, -0.05) is 11.6 Å². The molecule has 1 rings (SSSR count). The van der Waals surface area contributed by atoms with E-state index < -0.39 is 33.0 Å². The fourth-order valence-corrected chi connectivity index (χ4v) is 1.01. The van der Waals surface area contributed by atoms with Crippen molar-refractivity contribution in [1.82, 2.24) is 4.98 Å². The first-order chi connectivity index (χ1) is 5.95. The van der Waals surface area contributed by atoms with Crippen LogP contribution in [0.1, 0.15) is 10.5 Å². The lowest BCUT2D eigenvalue weighted by Gasteiger charge is -2.02. The number of carbonyl (C=O) groups is 1. The van der Waals surface area contributed by atoms with Crippen LogP contribution in [0.3, 0.4) is 0 Å². The van der Waals surface area contributed by atoms with E-state index >= 15 is 0 Å². The standard InChI is InChI=1S/C6H3Cl2NO4/c7-1-3(10)2(5(8)12)9-6(13)4(1)11/h10-11H,(H,9,13). The highest BCUT2D eigenvalue weighted by Crippen LogP contribution is 2.31. The molecule has 1 aromatic heterocycles. The van der Waals surface area contributed by atoms with Crippen molar-refractivity contribution in [3.8, 4) is 11.5 Å². The Morgan fingerprint density at radius 2 is 1.85 bits per heavy atom. The van der Waals surface area contributed by atoms with Gasteiger partial charge in [-0.15, -0.1) is 0 Å². The molecule has 0 saturated heterocycles. The number of H-pyrrole nitrogens is 1. The molecule has 7 heteroatoms. The van der Waals surface area contributed by atoms with Gasteiger partial charge in [0.25, 0.3) is 10.8 Å². The molecule has 0 aliphatic rings. The highest BCUT2D eigenvalue weighted by molar-refractivity contribution is 6.67. The summed E-state index contributed by atoms with van der Waals surface area (Å²) in [5.41, 5.74) is -1.54. The van der Waals surface area contributed by atoms with Crippen LogP contribution in [0.2, 0.25) is 5.02 Å². The summed E-state index contributed by atoms with van der Waals surface area (Å²) in [5.74, 6) is -1.61. The smallest absolute Gasteiger partial charge is 0.292 e. The second kappa shape index (κ2) is 3.27. The summed E-state index contributed by atoms with van der Waals surface area (Å²) in [6, 6.07) is 0. The van der Waals surface area contributed by atoms with Gasteiger partial charge in [0, 0.05) is 0 Å². The number of halogens is 2. The highest BCUT2D eigenvalue weighted by Gasteiger charge is 2.18. The van der Waals surface area contributed by atoms with Crippen molar-refractivity contribution in [3.63, 3.8) is 0 Å². The van der Waals surface area contributed by atoms with Gasteiger partial charge in [-0.25, -0.2) is 0 Å². The lowest BCUT2D eigenvalue weighted by atomic mass is 10.3. The maximum absolute atomic E-state index is 10.8. The fourth-order valence-electron chi connectivity index (χ4n) is 0.696. The van der Waals surface area contributed by atoms with E-state index in [1.807, 2.05) is 4.98 Å². The second-order valence-electron chi connectivity index (χ2n) is 2.11. The molecule has 0 aliphatic heterocycles. The summed E-state index contributed by atoms with van der Waals surface area (Å²) >= 11 is 10.3. The highest BCUT2D eigenvalue weighted by atomic mass is 35.5. The largest absolute Gasteiger partial charge is 0.504 e. The van der Waals surface area contributed by atoms with Crippen molar-refractivity contribution < 1.29 is 15.0 Å². The summed E-state index contributed by atoms with van der Waals surface area (Å²) in [6.07, 6.45) is 0. The van der Waals surface area contributed by atoms with Crippen LogP contribution in [-0.2, 0) is 0 Å². The van der Waals surface area contributed by atoms with Crippen molar-refractivity contribution >= 4 is 28.4 Å². The van der Waals surface area contributed by atoms with E-state index in [1.165, 1.54) is 0 Å². The molecular formula is C6H3Cl2NO4. The van der Waals surface area contributed by atoms with Crippen molar-refractivity contribution in [2.24, 2.45) is 0 Å². The summed E-state index contributed by atoms with van der Waals surface area (Å²) < 4.78 is 0. The average Bonchev–Trinajstić information content (AvgIpc) is 2.07. The Bertz CT molecular complexity index is 425. The number of aromatic hydroxyl groups is 2. The Kier molecular flexibility index (Phi) is 2.49. The molecule has 70 valence electrons. The number of aromatic amines is 1. The zero-order valence-corrected chi connectivity index (χ0v) is 7.48. The molecule has 0 atom stereocenters. The zero-order chi connectivity index (χ0) is 10.2. The van der Waals surface area contributed by atoms with Crippen LogP contribution >= 0.6 is 23.2 Å². The van der Waals surface area contributed by atoms with E-state index in [2.05, 4.69) is 0 Å². The van der Waals surface area contributed by atoms with Gasteiger partial charge < -0.3 is 15.2 Å². The molecule has 0 saturated carbocycles. The maximum atomic E-state index is 10.8. The fraction of sp³-hybridized carbons (Fsp3) is 0. The Morgan fingerprint density at radius 1 is 1.31 bits per heavy atom. The summed E-state index contributed by atoms with van der Waals surface area (Å²) in [4.78, 5) is 23.2. The zero-order valence-electron chi connectivity index (χ0n) is 5.97. The van der Waals surface area contributed by atoms with Crippen molar-refractivity contribution in [3.05, 3.63) is 21.1 Å². The first kappa shape index (κ1) is 9.88. The molecule has 0 amide bonds. The van der Waals surface area contributed by atoms with E-state index in [1.54, 1.807) is 0 Å². The van der Waals surface area contributed by atoms with E-state index in [4.69, 9.17) is 33.4 Å². The van der Waals surface area contributed by atoms with Gasteiger partial charge in [-0.05, 0) is 11.6 Å². The van der Waals surface area contributed by atoms with Gasteiger partial charge in [-0.2, -0.15) is 0 Å². The number of rotatable bonds is 1. The Labute approximate surface area is 81.5 Å². The Morgan fingerprint density at radius 3 is 2.31 bits per heavy atom. The normalized spacial score (nSPS) is 10.0. The monoisotopic (exact) mass is 223 g/mol. The topological polar surface area (TPSA) is 90.4 Å². The number of aromatic nitrogens is 1. The van der Waals surface area contributed by atoms with Crippen LogP contribution in [0.15, 0.2) is 4.79 Å². The molecule has 1 heterocycles. The van der Waals surface area contributed by atoms with Gasteiger partial charge in [0.05, 0.1) is 0 Å². The summed E-state index contributed by atoms with van der Waals surface area (Å²) in [6.45, 7) is 0. The van der Waals surface area contributed by atoms with E-state index in [9.17, 15) is 9.59 Å². The predicted octanol–water partition coefficient (Wildman–Crippen LogP) is 0.818. The lowest BCUT2D eigenvalue weighted by molar-refractivity contribution is 0.107. The van der Waals surface area contributed by atoms with Crippen molar-refractivity contribution in [2.45, 2.75) is 0 Å². The molecule has 0 radical (unpaired) electrons. The quantitative estimate of drug-likeness (QED) is 0.615. The van der Waals surface area contributed by atoms with Gasteiger partial charge in [0.2, 0.25) is 5.75 Å². The molecule has 13 heavy (non-hydrogen) atoms. The van der Waals surface area contributed by atoms with Crippen LogP contribution in [0, 0.1) is 0 Å². The predicted molar refractivity (Wildman–Crippen MR) is 45.6 cm³/mol. The van der Waals surface area contributed by atoms with E-state index in [-0.39, 0.29) is 0 Å². The van der Waals surface area contributed by atoms with Crippen LogP contribution in [-0.4, -0.2) is 20.4 Å². The number of nitrogens with one attached hydrogen (secondary N) is 1. The molecule has 5 nitrogen and oxygen atoms in total. The third-order valence-electron chi connectivity index (χ3n) is 1.30.